The molecule has 0 amide bonds. The van der Waals surface area contributed by atoms with Crippen LogP contribution in [0.15, 0.2) is 18.2 Å². The van der Waals surface area contributed by atoms with Gasteiger partial charge in [0.2, 0.25) is 0 Å². The predicted octanol–water partition coefficient (Wildman–Crippen LogP) is 3.34. The zero-order chi connectivity index (χ0) is 7.56. The van der Waals surface area contributed by atoms with Crippen LogP contribution >= 0.6 is 34.2 Å². The van der Waals surface area contributed by atoms with Gasteiger partial charge in [-0.2, -0.15) is 0 Å². The molecule has 0 radical (unpaired) electrons. The minimum Gasteiger partial charge on any atom is -0.122 e. The van der Waals surface area contributed by atoms with E-state index in [4.69, 9.17) is 11.6 Å². The van der Waals surface area contributed by atoms with E-state index in [-0.39, 0.29) is 0 Å². The van der Waals surface area contributed by atoms with Crippen molar-refractivity contribution < 1.29 is 0 Å². The maximum Gasteiger partial charge on any atom is 0.0477 e. The first-order chi connectivity index (χ1) is 4.75. The molecule has 0 aliphatic heterocycles. The zero-order valence-electron chi connectivity index (χ0n) is 5.70. The van der Waals surface area contributed by atoms with Crippen molar-refractivity contribution in [3.63, 3.8) is 0 Å². The largest absolute Gasteiger partial charge is 0.122 e. The molecule has 1 aromatic carbocycles. The molecule has 10 heavy (non-hydrogen) atoms. The molecule has 54 valence electrons. The van der Waals surface area contributed by atoms with E-state index in [0.29, 0.717) is 5.88 Å². The van der Waals surface area contributed by atoms with Gasteiger partial charge in [0, 0.05) is 9.45 Å². The lowest BCUT2D eigenvalue weighted by atomic mass is 10.1. The Bertz CT molecular complexity index is 233. The summed E-state index contributed by atoms with van der Waals surface area (Å²) in [5.74, 6) is 0.614. The summed E-state index contributed by atoms with van der Waals surface area (Å²) in [5.41, 5.74) is 2.53. The standard InChI is InChI=1S/C8H8ClI/c1-6-7(5-9)3-2-4-8(6)10/h2-4H,5H2,1H3. The molecular weight excluding hydrogens is 258 g/mol. The monoisotopic (exact) mass is 266 g/mol. The van der Waals surface area contributed by atoms with Crippen molar-refractivity contribution in [3.8, 4) is 0 Å². The molecule has 0 aromatic heterocycles. The molecule has 0 N–H and O–H groups in total. The molecule has 0 aliphatic rings. The van der Waals surface area contributed by atoms with Crippen LogP contribution in [0.1, 0.15) is 11.1 Å². The molecule has 0 saturated carbocycles. The topological polar surface area (TPSA) is 0 Å². The lowest BCUT2D eigenvalue weighted by Gasteiger charge is -2.02. The summed E-state index contributed by atoms with van der Waals surface area (Å²) in [5, 5.41) is 0. The van der Waals surface area contributed by atoms with Crippen LogP contribution in [0.2, 0.25) is 0 Å². The van der Waals surface area contributed by atoms with Crippen LogP contribution in [0.5, 0.6) is 0 Å². The molecule has 0 saturated heterocycles. The fourth-order valence-electron chi connectivity index (χ4n) is 0.797. The van der Waals surface area contributed by atoms with E-state index in [1.165, 1.54) is 14.7 Å². The van der Waals surface area contributed by atoms with Gasteiger partial charge < -0.3 is 0 Å². The van der Waals surface area contributed by atoms with Gasteiger partial charge in [0.15, 0.2) is 0 Å². The highest BCUT2D eigenvalue weighted by Crippen LogP contribution is 2.16. The number of alkyl halides is 1. The third-order valence-corrected chi connectivity index (χ3v) is 2.98. The number of hydrogen-bond acceptors (Lipinski definition) is 0. The second-order valence-corrected chi connectivity index (χ2v) is 3.59. The lowest BCUT2D eigenvalue weighted by molar-refractivity contribution is 1.28. The number of benzene rings is 1. The molecule has 0 heterocycles. The van der Waals surface area contributed by atoms with Crippen molar-refractivity contribution in [1.29, 1.82) is 0 Å². The smallest absolute Gasteiger partial charge is 0.0477 e. The minimum absolute atomic E-state index is 0.614. The fraction of sp³-hybridized carbons (Fsp3) is 0.250. The van der Waals surface area contributed by atoms with Crippen LogP contribution in [-0.4, -0.2) is 0 Å². The quantitative estimate of drug-likeness (QED) is 0.540. The maximum atomic E-state index is 5.70. The minimum atomic E-state index is 0.614. The second-order valence-electron chi connectivity index (χ2n) is 2.16. The number of rotatable bonds is 1. The van der Waals surface area contributed by atoms with E-state index >= 15 is 0 Å². The third-order valence-electron chi connectivity index (χ3n) is 1.52. The van der Waals surface area contributed by atoms with Crippen molar-refractivity contribution >= 4 is 34.2 Å². The number of hydrogen-bond donors (Lipinski definition) is 0. The summed E-state index contributed by atoms with van der Waals surface area (Å²) < 4.78 is 1.29. The van der Waals surface area contributed by atoms with E-state index in [9.17, 15) is 0 Å². The third kappa shape index (κ3) is 1.64. The average Bonchev–Trinajstić information content (AvgIpc) is 1.95. The normalized spacial score (nSPS) is 9.90. The maximum absolute atomic E-state index is 5.70. The van der Waals surface area contributed by atoms with Crippen LogP contribution < -0.4 is 0 Å². The Morgan fingerprint density at radius 2 is 2.20 bits per heavy atom. The van der Waals surface area contributed by atoms with Gasteiger partial charge in [0.25, 0.3) is 0 Å². The molecule has 0 bridgehead atoms. The van der Waals surface area contributed by atoms with Crippen LogP contribution in [0.3, 0.4) is 0 Å². The van der Waals surface area contributed by atoms with Gasteiger partial charge in [0.05, 0.1) is 0 Å². The highest BCUT2D eigenvalue weighted by molar-refractivity contribution is 14.1. The second kappa shape index (κ2) is 3.58. The fourth-order valence-corrected chi connectivity index (χ4v) is 1.64. The van der Waals surface area contributed by atoms with Crippen molar-refractivity contribution in [3.05, 3.63) is 32.9 Å². The highest BCUT2D eigenvalue weighted by atomic mass is 127. The molecule has 0 aliphatic carbocycles. The molecule has 2 heteroatoms. The summed E-state index contributed by atoms with van der Waals surface area (Å²) in [6, 6.07) is 6.18. The van der Waals surface area contributed by atoms with Crippen molar-refractivity contribution in [2.75, 3.05) is 0 Å². The van der Waals surface area contributed by atoms with E-state index in [0.717, 1.165) is 0 Å². The first-order valence-electron chi connectivity index (χ1n) is 3.05. The molecule has 0 spiro atoms. The molecule has 0 atom stereocenters. The summed E-state index contributed by atoms with van der Waals surface area (Å²) in [6.07, 6.45) is 0. The van der Waals surface area contributed by atoms with Gasteiger partial charge in [-0.25, -0.2) is 0 Å². The van der Waals surface area contributed by atoms with E-state index in [1.807, 2.05) is 6.07 Å². The summed E-state index contributed by atoms with van der Waals surface area (Å²) in [7, 11) is 0. The van der Waals surface area contributed by atoms with Gasteiger partial charge in [-0.3, -0.25) is 0 Å². The van der Waals surface area contributed by atoms with Crippen LogP contribution in [0.25, 0.3) is 0 Å². The van der Waals surface area contributed by atoms with Gasteiger partial charge in [-0.15, -0.1) is 11.6 Å². The molecule has 0 unspecified atom stereocenters. The van der Waals surface area contributed by atoms with Gasteiger partial charge >= 0.3 is 0 Å². The Morgan fingerprint density at radius 1 is 1.50 bits per heavy atom. The van der Waals surface area contributed by atoms with Gasteiger partial charge in [-0.1, -0.05) is 12.1 Å². The molecule has 0 fully saturated rings. The summed E-state index contributed by atoms with van der Waals surface area (Å²) in [6.45, 7) is 2.10. The Balaban J connectivity index is 3.14. The van der Waals surface area contributed by atoms with Gasteiger partial charge in [0.1, 0.15) is 0 Å². The molecule has 0 nitrogen and oxygen atoms in total. The zero-order valence-corrected chi connectivity index (χ0v) is 8.61. The molecular formula is C8H8ClI. The van der Waals surface area contributed by atoms with Crippen LogP contribution in [-0.2, 0) is 5.88 Å². The van der Waals surface area contributed by atoms with E-state index < -0.39 is 0 Å². The summed E-state index contributed by atoms with van der Waals surface area (Å²) in [4.78, 5) is 0. The van der Waals surface area contributed by atoms with Crippen LogP contribution in [0, 0.1) is 10.5 Å². The van der Waals surface area contributed by atoms with E-state index in [2.05, 4.69) is 41.6 Å². The SMILES string of the molecule is Cc1c(I)cccc1CCl. The molecule has 1 aromatic rings. The Kier molecular flexibility index (Phi) is 2.98. The summed E-state index contributed by atoms with van der Waals surface area (Å²) >= 11 is 8.02. The van der Waals surface area contributed by atoms with E-state index in [1.54, 1.807) is 0 Å². The van der Waals surface area contributed by atoms with Gasteiger partial charge in [-0.05, 0) is 46.7 Å². The van der Waals surface area contributed by atoms with Crippen LogP contribution in [0.4, 0.5) is 0 Å². The molecule has 1 rings (SSSR count). The van der Waals surface area contributed by atoms with Crippen molar-refractivity contribution in [2.45, 2.75) is 12.8 Å². The first-order valence-corrected chi connectivity index (χ1v) is 4.67. The lowest BCUT2D eigenvalue weighted by Crippen LogP contribution is -1.86. The predicted molar refractivity (Wildman–Crippen MR) is 53.5 cm³/mol. The average molecular weight is 267 g/mol. The number of halogens is 2. The Morgan fingerprint density at radius 3 is 2.70 bits per heavy atom. The Hall–Kier alpha value is 0.240. The first kappa shape index (κ1) is 8.34. The van der Waals surface area contributed by atoms with Crippen molar-refractivity contribution in [2.24, 2.45) is 0 Å². The highest BCUT2D eigenvalue weighted by Gasteiger charge is 1.97. The van der Waals surface area contributed by atoms with Crippen molar-refractivity contribution in [1.82, 2.24) is 0 Å². The Labute approximate surface area is 79.7 Å².